The molecular formula is C65H80N20O14S. The quantitative estimate of drug-likeness (QED) is 0.0147. The van der Waals surface area contributed by atoms with Crippen molar-refractivity contribution in [2.45, 2.75) is 126 Å². The Hall–Kier alpha value is -11.3. The lowest BCUT2D eigenvalue weighted by Gasteiger charge is -2.18. The Labute approximate surface area is 573 Å². The SMILES string of the molecule is O=C(CCC(NC(=O)c1ccc(N=NCc2ccccc2S(=O)(=O)O)nc1)C(=O)NCCCCCC(=O)N[C@@H](CNC(=O)c1ccc2c(cnn2CCCNCc2ncc[nH]2)c1)C(=O)O)NCCCCCC(=O)N[C@@H](CNC(=O)c1ccc2c(cnn2CCCNc2ncc[nH]2)c1)C(=O)O. The number of imidazole rings is 2. The molecule has 5 aromatic heterocycles. The molecule has 100 heavy (non-hydrogen) atoms. The lowest BCUT2D eigenvalue weighted by molar-refractivity contribution is -0.142. The van der Waals surface area contributed by atoms with E-state index >= 15 is 0 Å². The molecule has 0 aliphatic heterocycles. The maximum atomic E-state index is 13.7. The maximum absolute atomic E-state index is 13.7. The zero-order valence-corrected chi connectivity index (χ0v) is 55.3. The largest absolute Gasteiger partial charge is 0.480 e. The standard InChI is InChI=1S/C65H80N20O14S/c86-56(69-24-7-1-3-13-57(87)80-49(63(93)94)39-76-60(90)43-16-20-52-47(34-43)38-79-85(52)32-10-26-71-65-72-29-30-73-65)22-18-48(82-61(91)45-17-21-54(74-35-45)83-77-36-44-11-5-6-12-53(44)100(97,98)99)62(92)70-25-8-2-4-14-58(88)81-50(64(95)96)40-75-59(89)42-15-19-51-46(33-42)37-78-84(51)31-9-23-66-41-55-67-27-28-68-55/h5-6,11-12,15-17,19-21,27-30,33-35,37-38,48-50,66H,1-4,7-10,13-14,18,22-26,31-32,36,39-41H2,(H,67,68)(H,69,86)(H,70,92)(H,75,89)(H,76,90)(H,80,87)(H,81,88)(H,82,91)(H,93,94)(H,95,96)(H2,71,72,73)(H,97,98,99)/t48?,49-,50-/m0/s1. The third kappa shape index (κ3) is 23.7. The Balaban J connectivity index is 0.741. The molecule has 7 amide bonds. The van der Waals surface area contributed by atoms with E-state index in [-0.39, 0.29) is 84.8 Å². The zero-order chi connectivity index (χ0) is 71.2. The summed E-state index contributed by atoms with van der Waals surface area (Å²) >= 11 is 0. The van der Waals surface area contributed by atoms with E-state index in [2.05, 4.69) is 93.2 Å². The second-order valence-corrected chi connectivity index (χ2v) is 24.5. The number of pyridine rings is 1. The minimum atomic E-state index is -4.52. The third-order valence-electron chi connectivity index (χ3n) is 15.7. The normalized spacial score (nSPS) is 12.3. The fourth-order valence-electron chi connectivity index (χ4n) is 10.4. The summed E-state index contributed by atoms with van der Waals surface area (Å²) in [5.41, 5.74) is 2.39. The number of azo groups is 1. The van der Waals surface area contributed by atoms with Gasteiger partial charge in [-0.25, -0.2) is 24.5 Å². The number of nitrogens with zero attached hydrogens (tertiary/aromatic N) is 9. The third-order valence-corrected chi connectivity index (χ3v) is 16.6. The van der Waals surface area contributed by atoms with Crippen molar-refractivity contribution in [1.82, 2.24) is 87.0 Å². The molecule has 0 radical (unpaired) electrons. The van der Waals surface area contributed by atoms with Gasteiger partial charge in [-0.05, 0) is 112 Å². The number of unbranched alkanes of at least 4 members (excludes halogenated alkanes) is 4. The predicted octanol–water partition coefficient (Wildman–Crippen LogP) is 3.67. The Kier molecular flexibility index (Phi) is 28.3. The van der Waals surface area contributed by atoms with Gasteiger partial charge in [-0.2, -0.15) is 23.7 Å². The number of carbonyl (C=O) groups is 9. The van der Waals surface area contributed by atoms with Crippen molar-refractivity contribution in [2.24, 2.45) is 10.2 Å². The molecule has 0 fully saturated rings. The van der Waals surface area contributed by atoms with Crippen molar-refractivity contribution in [2.75, 3.05) is 44.6 Å². The molecule has 0 bridgehead atoms. The number of carbonyl (C=O) groups excluding carboxylic acids is 7. The molecular weight excluding hydrogens is 1320 g/mol. The van der Waals surface area contributed by atoms with E-state index in [1.54, 1.807) is 79.6 Å². The first-order valence-corrected chi connectivity index (χ1v) is 33.9. The first-order chi connectivity index (χ1) is 48.3. The van der Waals surface area contributed by atoms with Crippen LogP contribution in [0.1, 0.15) is 120 Å². The summed E-state index contributed by atoms with van der Waals surface area (Å²) in [6.07, 6.45) is 14.7. The number of carboxylic acids is 2. The van der Waals surface area contributed by atoms with Crippen LogP contribution in [-0.2, 0) is 65.1 Å². The van der Waals surface area contributed by atoms with Crippen LogP contribution in [0.15, 0.2) is 131 Å². The minimum Gasteiger partial charge on any atom is -0.480 e. The van der Waals surface area contributed by atoms with Crippen molar-refractivity contribution in [3.63, 3.8) is 0 Å². The minimum absolute atomic E-state index is 0.0132. The lowest BCUT2D eigenvalue weighted by atomic mass is 10.1. The Morgan fingerprint density at radius 3 is 1.71 bits per heavy atom. The number of fused-ring (bicyclic) bond motifs is 2. The summed E-state index contributed by atoms with van der Waals surface area (Å²) in [6, 6.07) is 14.4. The summed E-state index contributed by atoms with van der Waals surface area (Å²) in [4.78, 5) is 135. The predicted molar refractivity (Wildman–Crippen MR) is 362 cm³/mol. The Morgan fingerprint density at radius 1 is 0.550 bits per heavy atom. The van der Waals surface area contributed by atoms with E-state index in [4.69, 9.17) is 0 Å². The molecule has 34 nitrogen and oxygen atoms in total. The number of aromatic nitrogens is 9. The van der Waals surface area contributed by atoms with Crippen LogP contribution < -0.4 is 47.9 Å². The van der Waals surface area contributed by atoms with Crippen LogP contribution in [-0.4, -0.2) is 178 Å². The molecule has 0 saturated heterocycles. The van der Waals surface area contributed by atoms with Crippen LogP contribution in [0, 0.1) is 0 Å². The van der Waals surface area contributed by atoms with Gasteiger partial charge in [-0.3, -0.25) is 47.5 Å². The van der Waals surface area contributed by atoms with Crippen molar-refractivity contribution < 1.29 is 66.3 Å². The second-order valence-electron chi connectivity index (χ2n) is 23.1. The van der Waals surface area contributed by atoms with Gasteiger partial charge in [0.1, 0.15) is 23.9 Å². The van der Waals surface area contributed by atoms with Gasteiger partial charge in [0.05, 0.1) is 47.0 Å². The number of aliphatic carboxylic acids is 2. The van der Waals surface area contributed by atoms with Crippen LogP contribution in [0.4, 0.5) is 11.8 Å². The van der Waals surface area contributed by atoms with Crippen molar-refractivity contribution in [3.8, 4) is 0 Å². The monoisotopic (exact) mass is 1400 g/mol. The molecule has 0 saturated carbocycles. The summed E-state index contributed by atoms with van der Waals surface area (Å²) in [5.74, 6) is -5.14. The molecule has 530 valence electrons. The van der Waals surface area contributed by atoms with Gasteiger partial charge in [0.2, 0.25) is 23.6 Å². The lowest BCUT2D eigenvalue weighted by Crippen LogP contribution is -2.48. The number of hydrogen-bond acceptors (Lipinski definition) is 20. The number of aryl methyl sites for hydroxylation is 2. The number of nitrogens with one attached hydrogen (secondary N) is 11. The molecule has 35 heteroatoms. The molecule has 3 atom stereocenters. The molecule has 14 N–H and O–H groups in total. The molecule has 0 spiro atoms. The van der Waals surface area contributed by atoms with Crippen LogP contribution in [0.3, 0.4) is 0 Å². The van der Waals surface area contributed by atoms with Gasteiger partial charge in [0.25, 0.3) is 27.8 Å². The van der Waals surface area contributed by atoms with E-state index in [9.17, 15) is 66.3 Å². The van der Waals surface area contributed by atoms with E-state index < -0.39 is 88.1 Å². The average Bonchev–Trinajstić information content (AvgIpc) is 1.57. The van der Waals surface area contributed by atoms with Crippen LogP contribution in [0.5, 0.6) is 0 Å². The van der Waals surface area contributed by atoms with Gasteiger partial charge in [0.15, 0.2) is 11.8 Å². The van der Waals surface area contributed by atoms with Gasteiger partial charge in [0, 0.05) is 118 Å². The maximum Gasteiger partial charge on any atom is 0.328 e. The number of hydrogen-bond donors (Lipinski definition) is 14. The van der Waals surface area contributed by atoms with Crippen LogP contribution in [0.25, 0.3) is 21.8 Å². The number of aromatic amines is 2. The first kappa shape index (κ1) is 74.5. The van der Waals surface area contributed by atoms with Crippen molar-refractivity contribution >= 4 is 97.0 Å². The molecule has 0 aliphatic rings. The highest BCUT2D eigenvalue weighted by molar-refractivity contribution is 7.85. The van der Waals surface area contributed by atoms with Gasteiger partial charge < -0.3 is 68.0 Å². The molecule has 8 aromatic rings. The number of anilines is 1. The highest BCUT2D eigenvalue weighted by Gasteiger charge is 2.26. The highest BCUT2D eigenvalue weighted by Crippen LogP contribution is 2.21. The molecule has 8 rings (SSSR count). The van der Waals surface area contributed by atoms with Gasteiger partial charge in [-0.1, -0.05) is 31.0 Å². The number of carboxylic acid groups (broad SMARTS) is 2. The zero-order valence-electron chi connectivity index (χ0n) is 54.5. The fourth-order valence-corrected chi connectivity index (χ4v) is 11.1. The Bertz CT molecular complexity index is 4220. The van der Waals surface area contributed by atoms with E-state index in [1.165, 1.54) is 36.5 Å². The molecule has 0 aliphatic carbocycles. The molecule has 3 aromatic carbocycles. The summed E-state index contributed by atoms with van der Waals surface area (Å²) < 4.78 is 36.8. The number of H-pyrrole nitrogens is 2. The summed E-state index contributed by atoms with van der Waals surface area (Å²) in [5, 5.41) is 62.7. The van der Waals surface area contributed by atoms with Crippen molar-refractivity contribution in [1.29, 1.82) is 0 Å². The second kappa shape index (κ2) is 38.0. The van der Waals surface area contributed by atoms with E-state index in [1.807, 2.05) is 9.36 Å². The van der Waals surface area contributed by atoms with Crippen LogP contribution in [0.2, 0.25) is 0 Å². The van der Waals surface area contributed by atoms with E-state index in [0.717, 1.165) is 47.0 Å². The van der Waals surface area contributed by atoms with Crippen molar-refractivity contribution in [3.05, 3.63) is 144 Å². The average molecular weight is 1400 g/mol. The molecule has 1 unspecified atom stereocenters. The fraction of sp³-hybridized carbons (Fsp3) is 0.385. The van der Waals surface area contributed by atoms with Gasteiger partial charge >= 0.3 is 11.9 Å². The topological polar surface area (TPSA) is 487 Å². The summed E-state index contributed by atoms with van der Waals surface area (Å²) in [7, 11) is -4.52. The van der Waals surface area contributed by atoms with Crippen LogP contribution >= 0.6 is 0 Å². The van der Waals surface area contributed by atoms with E-state index in [0.29, 0.717) is 70.7 Å². The first-order valence-electron chi connectivity index (χ1n) is 32.5. The highest BCUT2D eigenvalue weighted by atomic mass is 32.2. The Morgan fingerprint density at radius 2 is 1.14 bits per heavy atom. The number of amides is 7. The summed E-state index contributed by atoms with van der Waals surface area (Å²) in [6.45, 7) is 2.54. The number of benzene rings is 3. The molecule has 5 heterocycles. The smallest absolute Gasteiger partial charge is 0.328 e. The number of rotatable bonds is 43. The van der Waals surface area contributed by atoms with Gasteiger partial charge in [-0.15, -0.1) is 5.11 Å².